The van der Waals surface area contributed by atoms with E-state index in [4.69, 9.17) is 0 Å². The Morgan fingerprint density at radius 3 is 3.06 bits per heavy atom. The number of aryl methyl sites for hydroxylation is 1. The second-order valence-electron chi connectivity index (χ2n) is 4.36. The van der Waals surface area contributed by atoms with E-state index in [0.29, 0.717) is 0 Å². The Bertz CT molecular complexity index is 393. The number of hydrogen-bond donors (Lipinski definition) is 2. The number of rotatable bonds is 3. The lowest BCUT2D eigenvalue weighted by Gasteiger charge is -2.27. The number of hydrogen-bond acceptors (Lipinski definition) is 3. The molecule has 0 spiro atoms. The van der Waals surface area contributed by atoms with Gasteiger partial charge in [0.15, 0.2) is 0 Å². The summed E-state index contributed by atoms with van der Waals surface area (Å²) in [4.78, 5) is 10.7. The van der Waals surface area contributed by atoms with Crippen molar-refractivity contribution in [3.8, 4) is 0 Å². The molecule has 0 saturated heterocycles. The number of fused-ring (bicyclic) bond motifs is 1. The smallest absolute Gasteiger partial charge is 0.374 e. The van der Waals surface area contributed by atoms with Gasteiger partial charge in [-0.1, -0.05) is 12.1 Å². The fraction of sp³-hybridized carbons (Fsp3) is 0.417. The Kier molecular flexibility index (Phi) is 3.41. The summed E-state index contributed by atoms with van der Waals surface area (Å²) in [6.07, 6.45) is 4.04. The molecule has 0 aliphatic heterocycles. The average Bonchev–Trinajstić information content (AvgIpc) is 2.28. The first-order valence-electron chi connectivity index (χ1n) is 5.73. The maximum atomic E-state index is 10.7. The Morgan fingerprint density at radius 1 is 1.56 bits per heavy atom. The number of carbonyl (C=O) groups is 1. The molecule has 0 unspecified atom stereocenters. The zero-order chi connectivity index (χ0) is 11.5. The molecule has 3 nitrogen and oxygen atoms in total. The average molecular weight is 217 g/mol. The quantitative estimate of drug-likeness (QED) is 0.596. The molecule has 2 rings (SSSR count). The lowest BCUT2D eigenvalue weighted by Crippen LogP contribution is -2.36. The number of aldehydes is 1. The van der Waals surface area contributed by atoms with Crippen LogP contribution in [-0.4, -0.2) is 18.4 Å². The summed E-state index contributed by atoms with van der Waals surface area (Å²) in [6, 6.07) is 6.01. The minimum absolute atomic E-state index is 0.212. The molecule has 0 saturated carbocycles. The first-order chi connectivity index (χ1) is 7.70. The molecule has 0 amide bonds. The van der Waals surface area contributed by atoms with E-state index in [1.807, 2.05) is 18.2 Å². The van der Waals surface area contributed by atoms with Gasteiger partial charge in [-0.15, -0.1) is 0 Å². The van der Waals surface area contributed by atoms with Gasteiger partial charge in [-0.05, 0) is 43.3 Å². The van der Waals surface area contributed by atoms with Gasteiger partial charge < -0.3 is 10.3 Å². The molecule has 84 valence electrons. The molecule has 0 aromatic heterocycles. The third kappa shape index (κ3) is 2.34. The monoisotopic (exact) mass is 217 g/mol. The van der Waals surface area contributed by atoms with Crippen molar-refractivity contribution in [2.24, 2.45) is 0 Å². The van der Waals surface area contributed by atoms with Gasteiger partial charge in [0.05, 0.1) is 0 Å². The molecular formula is C12H16BNO2. The van der Waals surface area contributed by atoms with Gasteiger partial charge in [0.1, 0.15) is 6.29 Å². The molecule has 0 radical (unpaired) electrons. The van der Waals surface area contributed by atoms with Crippen molar-refractivity contribution in [2.75, 3.05) is 0 Å². The van der Waals surface area contributed by atoms with E-state index in [2.05, 4.69) is 5.23 Å². The van der Waals surface area contributed by atoms with Crippen molar-refractivity contribution in [3.63, 3.8) is 0 Å². The van der Waals surface area contributed by atoms with Crippen LogP contribution in [0.1, 0.15) is 40.4 Å². The van der Waals surface area contributed by atoms with E-state index in [1.54, 1.807) is 6.82 Å². The fourth-order valence-corrected chi connectivity index (χ4v) is 2.37. The molecule has 1 aliphatic rings. The largest absolute Gasteiger partial charge is 0.437 e. The molecule has 1 atom stereocenters. The van der Waals surface area contributed by atoms with E-state index in [0.717, 1.165) is 31.1 Å². The van der Waals surface area contributed by atoms with Crippen LogP contribution in [0.3, 0.4) is 0 Å². The second-order valence-corrected chi connectivity index (χ2v) is 4.36. The van der Waals surface area contributed by atoms with E-state index in [1.165, 1.54) is 11.1 Å². The highest BCUT2D eigenvalue weighted by Crippen LogP contribution is 2.30. The van der Waals surface area contributed by atoms with E-state index >= 15 is 0 Å². The Balaban J connectivity index is 2.28. The van der Waals surface area contributed by atoms with Crippen molar-refractivity contribution in [1.29, 1.82) is 0 Å². The fourth-order valence-electron chi connectivity index (χ4n) is 2.37. The van der Waals surface area contributed by atoms with E-state index in [-0.39, 0.29) is 6.04 Å². The highest BCUT2D eigenvalue weighted by molar-refractivity contribution is 6.45. The predicted octanol–water partition coefficient (Wildman–Crippen LogP) is 1.58. The molecule has 0 bridgehead atoms. The van der Waals surface area contributed by atoms with Crippen molar-refractivity contribution in [2.45, 2.75) is 32.1 Å². The van der Waals surface area contributed by atoms with Crippen LogP contribution in [0.4, 0.5) is 0 Å². The Morgan fingerprint density at radius 2 is 2.38 bits per heavy atom. The van der Waals surface area contributed by atoms with Gasteiger partial charge >= 0.3 is 7.05 Å². The summed E-state index contributed by atoms with van der Waals surface area (Å²) in [7, 11) is -0.498. The second kappa shape index (κ2) is 4.81. The molecule has 2 N–H and O–H groups in total. The van der Waals surface area contributed by atoms with Crippen LogP contribution in [0.25, 0.3) is 0 Å². The third-order valence-corrected chi connectivity index (χ3v) is 3.06. The van der Waals surface area contributed by atoms with E-state index in [9.17, 15) is 9.82 Å². The van der Waals surface area contributed by atoms with Crippen LogP contribution in [0.15, 0.2) is 18.2 Å². The van der Waals surface area contributed by atoms with E-state index < -0.39 is 7.05 Å². The standard InChI is InChI=1S/C12H16BNO2/c1-13(16)14-12-4-2-3-10-7-9(8-15)5-6-11(10)12/h5-8,12,14,16H,2-4H2,1H3/t12-/m1/s1. The summed E-state index contributed by atoms with van der Waals surface area (Å²) >= 11 is 0. The first-order valence-corrected chi connectivity index (χ1v) is 5.73. The van der Waals surface area contributed by atoms with Gasteiger partial charge in [-0.2, -0.15) is 0 Å². The molecule has 0 fully saturated rings. The van der Waals surface area contributed by atoms with Crippen molar-refractivity contribution >= 4 is 13.3 Å². The zero-order valence-electron chi connectivity index (χ0n) is 9.44. The molecular weight excluding hydrogens is 201 g/mol. The molecule has 16 heavy (non-hydrogen) atoms. The molecule has 1 aromatic rings. The maximum Gasteiger partial charge on any atom is 0.374 e. The topological polar surface area (TPSA) is 49.3 Å². The maximum absolute atomic E-state index is 10.7. The summed E-state index contributed by atoms with van der Waals surface area (Å²) < 4.78 is 0. The molecule has 1 aromatic carbocycles. The Hall–Kier alpha value is -1.13. The lowest BCUT2D eigenvalue weighted by atomic mass is 9.80. The summed E-state index contributed by atoms with van der Waals surface area (Å²) in [5.41, 5.74) is 3.18. The summed E-state index contributed by atoms with van der Waals surface area (Å²) in [5, 5.41) is 12.5. The summed E-state index contributed by atoms with van der Waals surface area (Å²) in [5.74, 6) is 0. The van der Waals surface area contributed by atoms with Crippen LogP contribution in [-0.2, 0) is 6.42 Å². The van der Waals surface area contributed by atoms with Crippen molar-refractivity contribution in [1.82, 2.24) is 5.23 Å². The lowest BCUT2D eigenvalue weighted by molar-refractivity contribution is 0.112. The van der Waals surface area contributed by atoms with Crippen LogP contribution in [0.2, 0.25) is 6.82 Å². The highest BCUT2D eigenvalue weighted by Gasteiger charge is 2.21. The number of benzene rings is 1. The van der Waals surface area contributed by atoms with Crippen molar-refractivity contribution < 1.29 is 9.82 Å². The van der Waals surface area contributed by atoms with Crippen LogP contribution < -0.4 is 5.23 Å². The van der Waals surface area contributed by atoms with Gasteiger partial charge in [0.2, 0.25) is 0 Å². The van der Waals surface area contributed by atoms with Crippen molar-refractivity contribution in [3.05, 3.63) is 34.9 Å². The third-order valence-electron chi connectivity index (χ3n) is 3.06. The molecule has 4 heteroatoms. The van der Waals surface area contributed by atoms with Crippen LogP contribution in [0, 0.1) is 0 Å². The zero-order valence-corrected chi connectivity index (χ0v) is 9.44. The van der Waals surface area contributed by atoms with Gasteiger partial charge in [0.25, 0.3) is 0 Å². The first kappa shape index (κ1) is 11.4. The predicted molar refractivity (Wildman–Crippen MR) is 64.5 cm³/mol. The Labute approximate surface area is 96.0 Å². The van der Waals surface area contributed by atoms with Crippen LogP contribution in [0.5, 0.6) is 0 Å². The van der Waals surface area contributed by atoms with Gasteiger partial charge in [-0.3, -0.25) is 4.79 Å². The minimum atomic E-state index is -0.498. The SMILES string of the molecule is CB(O)N[C@@H]1CCCc2cc(C=O)ccc21. The highest BCUT2D eigenvalue weighted by atomic mass is 16.2. The molecule has 1 aliphatic carbocycles. The van der Waals surface area contributed by atoms with Gasteiger partial charge in [-0.25, -0.2) is 0 Å². The molecule has 0 heterocycles. The number of nitrogens with one attached hydrogen (secondary N) is 1. The summed E-state index contributed by atoms with van der Waals surface area (Å²) in [6.45, 7) is 1.73. The van der Waals surface area contributed by atoms with Crippen LogP contribution >= 0.6 is 0 Å². The van der Waals surface area contributed by atoms with Gasteiger partial charge in [0, 0.05) is 11.6 Å². The minimum Gasteiger partial charge on any atom is -0.437 e. The number of carbonyl (C=O) groups excluding carboxylic acids is 1. The normalized spacial score (nSPS) is 19.0.